The number of anilines is 1. The maximum absolute atomic E-state index is 5.82. The molecule has 0 saturated heterocycles. The van der Waals surface area contributed by atoms with Crippen molar-refractivity contribution in [3.05, 3.63) is 59.3 Å². The van der Waals surface area contributed by atoms with Gasteiger partial charge in [0, 0.05) is 31.9 Å². The van der Waals surface area contributed by atoms with Crippen molar-refractivity contribution >= 4 is 5.82 Å². The molecule has 0 aliphatic rings. The third-order valence-electron chi connectivity index (χ3n) is 3.10. The van der Waals surface area contributed by atoms with Gasteiger partial charge in [-0.3, -0.25) is 0 Å². The SMILES string of the molecule is Cc1ccnc(N(C)Cc2ccccc2)c1CN. The van der Waals surface area contributed by atoms with Gasteiger partial charge in [0.05, 0.1) is 0 Å². The molecule has 0 fully saturated rings. The largest absolute Gasteiger partial charge is 0.355 e. The Morgan fingerprint density at radius 2 is 1.89 bits per heavy atom. The second kappa shape index (κ2) is 5.65. The van der Waals surface area contributed by atoms with E-state index >= 15 is 0 Å². The average molecular weight is 241 g/mol. The van der Waals surface area contributed by atoms with Crippen LogP contribution in [-0.2, 0) is 13.1 Å². The van der Waals surface area contributed by atoms with Crippen LogP contribution in [0.2, 0.25) is 0 Å². The van der Waals surface area contributed by atoms with Crippen LogP contribution in [0.1, 0.15) is 16.7 Å². The summed E-state index contributed by atoms with van der Waals surface area (Å²) in [6.45, 7) is 3.43. The van der Waals surface area contributed by atoms with Crippen LogP contribution in [0.25, 0.3) is 0 Å². The van der Waals surface area contributed by atoms with Crippen molar-refractivity contribution in [2.24, 2.45) is 5.73 Å². The fourth-order valence-electron chi connectivity index (χ4n) is 2.09. The molecule has 0 bridgehead atoms. The van der Waals surface area contributed by atoms with Gasteiger partial charge < -0.3 is 10.6 Å². The summed E-state index contributed by atoms with van der Waals surface area (Å²) < 4.78 is 0. The van der Waals surface area contributed by atoms with Crippen LogP contribution < -0.4 is 10.6 Å². The molecule has 3 nitrogen and oxygen atoms in total. The topological polar surface area (TPSA) is 42.2 Å². The van der Waals surface area contributed by atoms with Crippen LogP contribution in [0.3, 0.4) is 0 Å². The summed E-state index contributed by atoms with van der Waals surface area (Å²) in [5.74, 6) is 0.973. The summed E-state index contributed by atoms with van der Waals surface area (Å²) in [6.07, 6.45) is 1.84. The molecule has 0 spiro atoms. The molecule has 1 aromatic heterocycles. The van der Waals surface area contributed by atoms with Crippen molar-refractivity contribution in [1.82, 2.24) is 4.98 Å². The molecule has 0 amide bonds. The third kappa shape index (κ3) is 2.68. The van der Waals surface area contributed by atoms with E-state index in [-0.39, 0.29) is 0 Å². The maximum atomic E-state index is 5.82. The summed E-state index contributed by atoms with van der Waals surface area (Å²) in [5.41, 5.74) is 9.40. The van der Waals surface area contributed by atoms with E-state index in [1.807, 2.05) is 25.4 Å². The van der Waals surface area contributed by atoms with E-state index in [4.69, 9.17) is 5.73 Å². The second-order valence-electron chi connectivity index (χ2n) is 4.48. The van der Waals surface area contributed by atoms with Gasteiger partial charge in [0.15, 0.2) is 0 Å². The molecule has 2 aromatic rings. The lowest BCUT2D eigenvalue weighted by Gasteiger charge is -2.22. The van der Waals surface area contributed by atoms with Crippen molar-refractivity contribution in [1.29, 1.82) is 0 Å². The normalized spacial score (nSPS) is 10.4. The quantitative estimate of drug-likeness (QED) is 0.894. The predicted molar refractivity (Wildman–Crippen MR) is 75.4 cm³/mol. The molecule has 3 heteroatoms. The first-order chi connectivity index (χ1) is 8.72. The van der Waals surface area contributed by atoms with Gasteiger partial charge in [0.25, 0.3) is 0 Å². The molecule has 94 valence electrons. The minimum absolute atomic E-state index is 0.522. The average Bonchev–Trinajstić information content (AvgIpc) is 2.39. The standard InChI is InChI=1S/C15H19N3/c1-12-8-9-17-15(14(12)10-16)18(2)11-13-6-4-3-5-7-13/h3-9H,10-11,16H2,1-2H3. The van der Waals surface area contributed by atoms with E-state index in [0.717, 1.165) is 17.9 Å². The minimum atomic E-state index is 0.522. The first-order valence-electron chi connectivity index (χ1n) is 6.12. The van der Waals surface area contributed by atoms with Gasteiger partial charge in [-0.2, -0.15) is 0 Å². The number of rotatable bonds is 4. The van der Waals surface area contributed by atoms with Crippen molar-refractivity contribution in [3.8, 4) is 0 Å². The van der Waals surface area contributed by atoms with E-state index in [0.29, 0.717) is 6.54 Å². The molecular formula is C15H19N3. The summed E-state index contributed by atoms with van der Waals surface area (Å²) in [7, 11) is 2.05. The van der Waals surface area contributed by atoms with Crippen molar-refractivity contribution in [2.75, 3.05) is 11.9 Å². The Hall–Kier alpha value is -1.87. The fraction of sp³-hybridized carbons (Fsp3) is 0.267. The highest BCUT2D eigenvalue weighted by Crippen LogP contribution is 2.20. The molecule has 0 atom stereocenters. The predicted octanol–water partition coefficient (Wildman–Crippen LogP) is 2.49. The zero-order chi connectivity index (χ0) is 13.0. The van der Waals surface area contributed by atoms with Crippen LogP contribution in [-0.4, -0.2) is 12.0 Å². The van der Waals surface area contributed by atoms with Gasteiger partial charge >= 0.3 is 0 Å². The number of hydrogen-bond donors (Lipinski definition) is 1. The molecule has 0 aliphatic carbocycles. The molecule has 1 aromatic carbocycles. The van der Waals surface area contributed by atoms with E-state index in [1.54, 1.807) is 0 Å². The van der Waals surface area contributed by atoms with Gasteiger partial charge in [-0.05, 0) is 24.1 Å². The molecule has 0 aliphatic heterocycles. The molecule has 18 heavy (non-hydrogen) atoms. The van der Waals surface area contributed by atoms with Crippen molar-refractivity contribution in [2.45, 2.75) is 20.0 Å². The lowest BCUT2D eigenvalue weighted by molar-refractivity contribution is 0.871. The Labute approximate surface area is 108 Å². The van der Waals surface area contributed by atoms with Crippen molar-refractivity contribution < 1.29 is 0 Å². The zero-order valence-electron chi connectivity index (χ0n) is 10.9. The third-order valence-corrected chi connectivity index (χ3v) is 3.10. The van der Waals surface area contributed by atoms with E-state index in [9.17, 15) is 0 Å². The molecule has 0 unspecified atom stereocenters. The summed E-state index contributed by atoms with van der Waals surface area (Å²) >= 11 is 0. The van der Waals surface area contributed by atoms with Crippen LogP contribution >= 0.6 is 0 Å². The number of aromatic nitrogens is 1. The summed E-state index contributed by atoms with van der Waals surface area (Å²) in [6, 6.07) is 12.4. The number of nitrogens with two attached hydrogens (primary N) is 1. The van der Waals surface area contributed by atoms with Gasteiger partial charge in [0.2, 0.25) is 0 Å². The Morgan fingerprint density at radius 1 is 1.17 bits per heavy atom. The molecular weight excluding hydrogens is 222 g/mol. The zero-order valence-corrected chi connectivity index (χ0v) is 10.9. The summed E-state index contributed by atoms with van der Waals surface area (Å²) in [5, 5.41) is 0. The van der Waals surface area contributed by atoms with E-state index in [1.165, 1.54) is 11.1 Å². The van der Waals surface area contributed by atoms with Gasteiger partial charge in [-0.1, -0.05) is 30.3 Å². The summed E-state index contributed by atoms with van der Waals surface area (Å²) in [4.78, 5) is 6.60. The van der Waals surface area contributed by atoms with E-state index in [2.05, 4.69) is 41.1 Å². The molecule has 0 saturated carbocycles. The monoisotopic (exact) mass is 241 g/mol. The smallest absolute Gasteiger partial charge is 0.133 e. The first kappa shape index (κ1) is 12.6. The number of hydrogen-bond acceptors (Lipinski definition) is 3. The Bertz CT molecular complexity index is 508. The van der Waals surface area contributed by atoms with Crippen LogP contribution in [0, 0.1) is 6.92 Å². The molecule has 1 heterocycles. The number of nitrogens with zero attached hydrogens (tertiary/aromatic N) is 2. The van der Waals surface area contributed by atoms with Crippen molar-refractivity contribution in [3.63, 3.8) is 0 Å². The molecule has 2 rings (SSSR count). The van der Waals surface area contributed by atoms with E-state index < -0.39 is 0 Å². The van der Waals surface area contributed by atoms with Crippen LogP contribution in [0.4, 0.5) is 5.82 Å². The Kier molecular flexibility index (Phi) is 3.95. The van der Waals surface area contributed by atoms with Gasteiger partial charge in [-0.15, -0.1) is 0 Å². The maximum Gasteiger partial charge on any atom is 0.133 e. The molecule has 0 radical (unpaired) electrons. The van der Waals surface area contributed by atoms with Gasteiger partial charge in [-0.25, -0.2) is 4.98 Å². The molecule has 2 N–H and O–H groups in total. The lowest BCUT2D eigenvalue weighted by Crippen LogP contribution is -2.20. The van der Waals surface area contributed by atoms with Gasteiger partial charge in [0.1, 0.15) is 5.82 Å². The highest BCUT2D eigenvalue weighted by atomic mass is 15.2. The highest BCUT2D eigenvalue weighted by molar-refractivity contribution is 5.50. The first-order valence-corrected chi connectivity index (χ1v) is 6.12. The number of benzene rings is 1. The Morgan fingerprint density at radius 3 is 2.56 bits per heavy atom. The number of aryl methyl sites for hydroxylation is 1. The van der Waals surface area contributed by atoms with Crippen LogP contribution in [0.15, 0.2) is 42.6 Å². The fourth-order valence-corrected chi connectivity index (χ4v) is 2.09. The number of pyridine rings is 1. The highest BCUT2D eigenvalue weighted by Gasteiger charge is 2.10. The Balaban J connectivity index is 2.24. The lowest BCUT2D eigenvalue weighted by atomic mass is 10.1. The minimum Gasteiger partial charge on any atom is -0.355 e. The van der Waals surface area contributed by atoms with Crippen LogP contribution in [0.5, 0.6) is 0 Å². The second-order valence-corrected chi connectivity index (χ2v) is 4.48.